The number of carbonyl (C=O) groups is 1. The van der Waals surface area contributed by atoms with Crippen LogP contribution in [0.5, 0.6) is 0 Å². The van der Waals surface area contributed by atoms with E-state index in [1.807, 2.05) is 36.4 Å². The monoisotopic (exact) mass is 349 g/mol. The molecule has 0 aliphatic carbocycles. The molecule has 0 saturated heterocycles. The number of hydrogen-bond acceptors (Lipinski definition) is 1. The van der Waals surface area contributed by atoms with Crippen molar-refractivity contribution in [2.75, 3.05) is 0 Å². The third-order valence-electron chi connectivity index (χ3n) is 3.11. The van der Waals surface area contributed by atoms with Crippen molar-refractivity contribution >= 4 is 44.5 Å². The van der Waals surface area contributed by atoms with Gasteiger partial charge in [0.25, 0.3) is 0 Å². The maximum atomic E-state index is 11.6. The minimum Gasteiger partial charge on any atom is -0.464 e. The van der Waals surface area contributed by atoms with Crippen LogP contribution in [0.4, 0.5) is 4.79 Å². The average Bonchev–Trinajstić information content (AvgIpc) is 2.77. The van der Waals surface area contributed by atoms with Crippen LogP contribution in [-0.4, -0.2) is 15.8 Å². The lowest BCUT2D eigenvalue weighted by molar-refractivity contribution is 0.198. The van der Waals surface area contributed by atoms with Gasteiger partial charge in [-0.05, 0) is 24.3 Å². The first kappa shape index (κ1) is 13.2. The molecule has 0 amide bonds. The molecule has 1 aromatic heterocycles. The van der Waals surface area contributed by atoms with Gasteiger partial charge in [-0.15, -0.1) is 0 Å². The van der Waals surface area contributed by atoms with Crippen molar-refractivity contribution in [3.63, 3.8) is 0 Å². The van der Waals surface area contributed by atoms with Gasteiger partial charge in [0.05, 0.1) is 11.2 Å². The summed E-state index contributed by atoms with van der Waals surface area (Å²) in [4.78, 5) is 11.6. The van der Waals surface area contributed by atoms with E-state index in [2.05, 4.69) is 15.9 Å². The molecule has 3 rings (SSSR count). The Morgan fingerprint density at radius 1 is 1.15 bits per heavy atom. The van der Waals surface area contributed by atoms with E-state index < -0.39 is 6.09 Å². The minimum atomic E-state index is -1.03. The van der Waals surface area contributed by atoms with Crippen LogP contribution in [0.1, 0.15) is 0 Å². The van der Waals surface area contributed by atoms with Gasteiger partial charge >= 0.3 is 6.09 Å². The first-order valence-corrected chi connectivity index (χ1v) is 7.04. The topological polar surface area (TPSA) is 42.2 Å². The largest absolute Gasteiger partial charge is 0.464 e. The van der Waals surface area contributed by atoms with Gasteiger partial charge in [0.15, 0.2) is 0 Å². The van der Waals surface area contributed by atoms with E-state index in [4.69, 9.17) is 11.6 Å². The zero-order chi connectivity index (χ0) is 14.3. The average molecular weight is 351 g/mol. The molecule has 0 aliphatic rings. The number of carboxylic acid groups (broad SMARTS) is 1. The van der Waals surface area contributed by atoms with Crippen molar-refractivity contribution < 1.29 is 9.90 Å². The second-order valence-corrected chi connectivity index (χ2v) is 5.65. The molecular weight excluding hydrogens is 342 g/mol. The predicted molar refractivity (Wildman–Crippen MR) is 83.5 cm³/mol. The number of fused-ring (bicyclic) bond motifs is 1. The number of hydrogen-bond donors (Lipinski definition) is 1. The fourth-order valence-electron chi connectivity index (χ4n) is 2.25. The lowest BCUT2D eigenvalue weighted by Crippen LogP contribution is -2.09. The second-order valence-electron chi connectivity index (χ2n) is 4.33. The van der Waals surface area contributed by atoms with Gasteiger partial charge in [0.1, 0.15) is 0 Å². The van der Waals surface area contributed by atoms with Crippen molar-refractivity contribution in [2.24, 2.45) is 0 Å². The standard InChI is InChI=1S/C15H9BrClNO2/c16-10-6-5-9-7-14(11-3-1-2-4-12(11)17)18(15(19)20)13(9)8-10/h1-8H,(H,19,20). The number of rotatable bonds is 1. The van der Waals surface area contributed by atoms with Crippen LogP contribution in [0.25, 0.3) is 22.2 Å². The van der Waals surface area contributed by atoms with Gasteiger partial charge in [-0.2, -0.15) is 0 Å². The Labute approximate surface area is 128 Å². The Morgan fingerprint density at radius 3 is 2.60 bits per heavy atom. The van der Waals surface area contributed by atoms with Crippen LogP contribution in [0.3, 0.4) is 0 Å². The zero-order valence-corrected chi connectivity index (χ0v) is 12.5. The van der Waals surface area contributed by atoms with Gasteiger partial charge in [-0.3, -0.25) is 0 Å². The van der Waals surface area contributed by atoms with Crippen LogP contribution in [0.2, 0.25) is 5.02 Å². The summed E-state index contributed by atoms with van der Waals surface area (Å²) in [5, 5.41) is 10.9. The molecular formula is C15H9BrClNO2. The SMILES string of the molecule is O=C(O)n1c(-c2ccccc2Cl)cc2ccc(Br)cc21. The van der Waals surface area contributed by atoms with Gasteiger partial charge in [-0.25, -0.2) is 9.36 Å². The molecule has 0 bridgehead atoms. The highest BCUT2D eigenvalue weighted by Crippen LogP contribution is 2.33. The van der Waals surface area contributed by atoms with Crippen LogP contribution >= 0.6 is 27.5 Å². The quantitative estimate of drug-likeness (QED) is 0.651. The normalized spacial score (nSPS) is 10.9. The molecule has 0 radical (unpaired) electrons. The second kappa shape index (κ2) is 4.96. The molecule has 2 aromatic carbocycles. The molecule has 1 heterocycles. The Hall–Kier alpha value is -1.78. The lowest BCUT2D eigenvalue weighted by Gasteiger charge is -2.07. The number of halogens is 2. The summed E-state index contributed by atoms with van der Waals surface area (Å²) in [6.45, 7) is 0. The molecule has 0 aliphatic heterocycles. The summed E-state index contributed by atoms with van der Waals surface area (Å²) < 4.78 is 2.08. The Balaban J connectivity index is 2.39. The maximum Gasteiger partial charge on any atom is 0.416 e. The molecule has 3 aromatic rings. The zero-order valence-electron chi connectivity index (χ0n) is 10.2. The Kier molecular flexibility index (Phi) is 3.28. The summed E-state index contributed by atoms with van der Waals surface area (Å²) in [5.41, 5.74) is 1.89. The van der Waals surface area contributed by atoms with E-state index >= 15 is 0 Å². The first-order valence-electron chi connectivity index (χ1n) is 5.87. The molecule has 100 valence electrons. The van der Waals surface area contributed by atoms with Gasteiger partial charge in [0.2, 0.25) is 0 Å². The fourth-order valence-corrected chi connectivity index (χ4v) is 2.83. The van der Waals surface area contributed by atoms with Crippen molar-refractivity contribution in [3.05, 3.63) is 58.0 Å². The van der Waals surface area contributed by atoms with Crippen molar-refractivity contribution in [1.29, 1.82) is 0 Å². The smallest absolute Gasteiger partial charge is 0.416 e. The van der Waals surface area contributed by atoms with Crippen LogP contribution < -0.4 is 0 Å². The minimum absolute atomic E-state index is 0.525. The highest BCUT2D eigenvalue weighted by atomic mass is 79.9. The van der Waals surface area contributed by atoms with E-state index in [1.54, 1.807) is 12.1 Å². The fraction of sp³-hybridized carbons (Fsp3) is 0. The number of benzene rings is 2. The van der Waals surface area contributed by atoms with Gasteiger partial charge in [0, 0.05) is 20.4 Å². The van der Waals surface area contributed by atoms with Crippen molar-refractivity contribution in [2.45, 2.75) is 0 Å². The summed E-state index contributed by atoms with van der Waals surface area (Å²) in [6.07, 6.45) is -1.03. The molecule has 3 nitrogen and oxygen atoms in total. The third-order valence-corrected chi connectivity index (χ3v) is 3.93. The summed E-state index contributed by atoms with van der Waals surface area (Å²) in [7, 11) is 0. The summed E-state index contributed by atoms with van der Waals surface area (Å²) in [5.74, 6) is 0. The van der Waals surface area contributed by atoms with E-state index in [0.29, 0.717) is 21.8 Å². The summed E-state index contributed by atoms with van der Waals surface area (Å²) in [6, 6.07) is 14.6. The first-order chi connectivity index (χ1) is 9.58. The van der Waals surface area contributed by atoms with Crippen LogP contribution in [0.15, 0.2) is 53.0 Å². The lowest BCUT2D eigenvalue weighted by atomic mass is 10.1. The van der Waals surface area contributed by atoms with E-state index in [1.165, 1.54) is 4.57 Å². The Bertz CT molecular complexity index is 826. The van der Waals surface area contributed by atoms with Crippen molar-refractivity contribution in [1.82, 2.24) is 4.57 Å². The molecule has 0 fully saturated rings. The van der Waals surface area contributed by atoms with E-state index in [-0.39, 0.29) is 0 Å². The third kappa shape index (κ3) is 2.11. The molecule has 0 atom stereocenters. The van der Waals surface area contributed by atoms with Gasteiger partial charge in [-0.1, -0.05) is 51.8 Å². The van der Waals surface area contributed by atoms with Gasteiger partial charge < -0.3 is 5.11 Å². The Morgan fingerprint density at radius 2 is 1.90 bits per heavy atom. The van der Waals surface area contributed by atoms with Crippen LogP contribution in [0, 0.1) is 0 Å². The number of nitrogens with zero attached hydrogens (tertiary/aromatic N) is 1. The van der Waals surface area contributed by atoms with E-state index in [9.17, 15) is 9.90 Å². The van der Waals surface area contributed by atoms with E-state index in [0.717, 1.165) is 9.86 Å². The molecule has 5 heteroatoms. The molecule has 0 saturated carbocycles. The molecule has 1 N–H and O–H groups in total. The predicted octanol–water partition coefficient (Wildman–Crippen LogP) is 5.25. The highest BCUT2D eigenvalue weighted by molar-refractivity contribution is 9.10. The van der Waals surface area contributed by atoms with Crippen molar-refractivity contribution in [3.8, 4) is 11.3 Å². The molecule has 0 spiro atoms. The van der Waals surface area contributed by atoms with Crippen LogP contribution in [-0.2, 0) is 0 Å². The maximum absolute atomic E-state index is 11.6. The molecule has 20 heavy (non-hydrogen) atoms. The highest BCUT2D eigenvalue weighted by Gasteiger charge is 2.17. The number of aromatic nitrogens is 1. The summed E-state index contributed by atoms with van der Waals surface area (Å²) >= 11 is 9.54. The molecule has 0 unspecified atom stereocenters.